The van der Waals surface area contributed by atoms with Crippen LogP contribution in [-0.4, -0.2) is 24.6 Å². The van der Waals surface area contributed by atoms with Crippen LogP contribution in [0.3, 0.4) is 0 Å². The van der Waals surface area contributed by atoms with Crippen molar-refractivity contribution < 1.29 is 0 Å². The van der Waals surface area contributed by atoms with Gasteiger partial charge in [-0.3, -0.25) is 4.99 Å². The first-order chi connectivity index (χ1) is 9.81. The van der Waals surface area contributed by atoms with Gasteiger partial charge in [-0.15, -0.1) is 0 Å². The van der Waals surface area contributed by atoms with Crippen LogP contribution in [0.1, 0.15) is 71.1 Å². The zero-order valence-electron chi connectivity index (χ0n) is 13.0. The zero-order chi connectivity index (χ0) is 13.8. The SMILES string of the molecule is CC1CCC2CC1CCCN=C(NC1CCCCC1)N2. The lowest BCUT2D eigenvalue weighted by Gasteiger charge is -2.35. The highest BCUT2D eigenvalue weighted by Crippen LogP contribution is 2.33. The van der Waals surface area contributed by atoms with Crippen LogP contribution in [0.5, 0.6) is 0 Å². The lowest BCUT2D eigenvalue weighted by atomic mass is 9.76. The lowest BCUT2D eigenvalue weighted by molar-refractivity contribution is 0.210. The van der Waals surface area contributed by atoms with Crippen molar-refractivity contribution in [2.75, 3.05) is 6.54 Å². The second kappa shape index (κ2) is 6.82. The molecular weight excluding hydrogens is 246 g/mol. The molecule has 0 spiro atoms. The first-order valence-electron chi connectivity index (χ1n) is 8.89. The second-order valence-electron chi connectivity index (χ2n) is 7.24. The van der Waals surface area contributed by atoms with Crippen molar-refractivity contribution in [3.05, 3.63) is 0 Å². The van der Waals surface area contributed by atoms with Gasteiger partial charge in [-0.1, -0.05) is 26.2 Å². The van der Waals surface area contributed by atoms with Gasteiger partial charge in [0.1, 0.15) is 0 Å². The average Bonchev–Trinajstić information content (AvgIpc) is 2.54. The number of hydrogen-bond acceptors (Lipinski definition) is 3. The number of rotatable bonds is 1. The molecule has 3 rings (SSSR count). The van der Waals surface area contributed by atoms with E-state index in [1.807, 2.05) is 0 Å². The van der Waals surface area contributed by atoms with E-state index in [4.69, 9.17) is 4.99 Å². The number of aliphatic imine (C=N–C) groups is 1. The average molecular weight is 277 g/mol. The Morgan fingerprint density at radius 3 is 2.70 bits per heavy atom. The molecule has 1 heterocycles. The molecule has 2 N–H and O–H groups in total. The van der Waals surface area contributed by atoms with Crippen LogP contribution in [0.4, 0.5) is 0 Å². The molecule has 0 amide bonds. The highest BCUT2D eigenvalue weighted by molar-refractivity contribution is 5.80. The van der Waals surface area contributed by atoms with E-state index in [9.17, 15) is 0 Å². The van der Waals surface area contributed by atoms with E-state index in [0.717, 1.165) is 24.3 Å². The maximum absolute atomic E-state index is 4.82. The van der Waals surface area contributed by atoms with Crippen molar-refractivity contribution in [2.24, 2.45) is 16.8 Å². The summed E-state index contributed by atoms with van der Waals surface area (Å²) in [6.45, 7) is 3.44. The summed E-state index contributed by atoms with van der Waals surface area (Å²) in [7, 11) is 0. The van der Waals surface area contributed by atoms with Crippen molar-refractivity contribution in [1.82, 2.24) is 10.6 Å². The molecule has 0 radical (unpaired) electrons. The van der Waals surface area contributed by atoms with E-state index in [1.165, 1.54) is 64.2 Å². The topological polar surface area (TPSA) is 36.4 Å². The fraction of sp³-hybridized carbons (Fsp3) is 0.941. The smallest absolute Gasteiger partial charge is 0.191 e. The molecule has 3 atom stereocenters. The van der Waals surface area contributed by atoms with Crippen LogP contribution in [0, 0.1) is 11.8 Å². The van der Waals surface area contributed by atoms with Crippen LogP contribution >= 0.6 is 0 Å². The standard InChI is InChI=1S/C17H31N3/c1-13-9-10-16-12-14(13)6-5-11-18-17(20-16)19-15-7-3-2-4-8-15/h13-16H,2-12H2,1H3,(H2,18,19,20). The Morgan fingerprint density at radius 1 is 1.00 bits per heavy atom. The molecule has 2 saturated carbocycles. The predicted molar refractivity (Wildman–Crippen MR) is 85.0 cm³/mol. The summed E-state index contributed by atoms with van der Waals surface area (Å²) >= 11 is 0. The van der Waals surface area contributed by atoms with E-state index in [-0.39, 0.29) is 0 Å². The van der Waals surface area contributed by atoms with E-state index < -0.39 is 0 Å². The van der Waals surface area contributed by atoms with Gasteiger partial charge in [-0.05, 0) is 56.8 Å². The Bertz CT molecular complexity index is 333. The van der Waals surface area contributed by atoms with Crippen LogP contribution in [-0.2, 0) is 0 Å². The van der Waals surface area contributed by atoms with E-state index in [2.05, 4.69) is 17.6 Å². The Balaban J connectivity index is 1.59. The number of fused-ring (bicyclic) bond motifs is 2. The lowest BCUT2D eigenvalue weighted by Crippen LogP contribution is -2.49. The summed E-state index contributed by atoms with van der Waals surface area (Å²) in [6.07, 6.45) is 13.5. The highest BCUT2D eigenvalue weighted by Gasteiger charge is 2.29. The largest absolute Gasteiger partial charge is 0.354 e. The monoisotopic (exact) mass is 277 g/mol. The van der Waals surface area contributed by atoms with Crippen LogP contribution in [0.15, 0.2) is 4.99 Å². The molecule has 2 aliphatic carbocycles. The fourth-order valence-corrected chi connectivity index (χ4v) is 4.26. The Labute approximate surface area is 124 Å². The van der Waals surface area contributed by atoms with Crippen molar-refractivity contribution in [3.8, 4) is 0 Å². The van der Waals surface area contributed by atoms with Gasteiger partial charge in [-0.2, -0.15) is 0 Å². The van der Waals surface area contributed by atoms with Crippen LogP contribution in [0.2, 0.25) is 0 Å². The molecule has 0 aromatic rings. The summed E-state index contributed by atoms with van der Waals surface area (Å²) in [5.74, 6) is 2.95. The highest BCUT2D eigenvalue weighted by atomic mass is 15.2. The summed E-state index contributed by atoms with van der Waals surface area (Å²) in [5, 5.41) is 7.44. The molecule has 3 heteroatoms. The molecule has 3 nitrogen and oxygen atoms in total. The Morgan fingerprint density at radius 2 is 1.85 bits per heavy atom. The van der Waals surface area contributed by atoms with Gasteiger partial charge in [0.15, 0.2) is 5.96 Å². The minimum Gasteiger partial charge on any atom is -0.354 e. The first kappa shape index (κ1) is 14.2. The van der Waals surface area contributed by atoms with Gasteiger partial charge < -0.3 is 10.6 Å². The summed E-state index contributed by atoms with van der Waals surface area (Å²) in [4.78, 5) is 4.82. The normalized spacial score (nSPS) is 36.0. The third kappa shape index (κ3) is 3.67. The molecule has 3 aliphatic rings. The second-order valence-corrected chi connectivity index (χ2v) is 7.24. The van der Waals surface area contributed by atoms with E-state index in [1.54, 1.807) is 0 Å². The summed E-state index contributed by atoms with van der Waals surface area (Å²) < 4.78 is 0. The quantitative estimate of drug-likeness (QED) is 0.770. The minimum absolute atomic E-state index is 0.657. The maximum Gasteiger partial charge on any atom is 0.191 e. The van der Waals surface area contributed by atoms with Crippen molar-refractivity contribution in [3.63, 3.8) is 0 Å². The maximum atomic E-state index is 4.82. The zero-order valence-corrected chi connectivity index (χ0v) is 13.0. The van der Waals surface area contributed by atoms with Crippen LogP contribution in [0.25, 0.3) is 0 Å². The predicted octanol–water partition coefficient (Wildman–Crippen LogP) is 3.45. The third-order valence-electron chi connectivity index (χ3n) is 5.65. The third-order valence-corrected chi connectivity index (χ3v) is 5.65. The molecule has 20 heavy (non-hydrogen) atoms. The fourth-order valence-electron chi connectivity index (χ4n) is 4.26. The Kier molecular flexibility index (Phi) is 4.85. The van der Waals surface area contributed by atoms with Gasteiger partial charge in [0.25, 0.3) is 0 Å². The molecule has 0 aromatic heterocycles. The Hall–Kier alpha value is -0.730. The van der Waals surface area contributed by atoms with Gasteiger partial charge in [-0.25, -0.2) is 0 Å². The number of guanidine groups is 1. The molecule has 2 fully saturated rings. The first-order valence-corrected chi connectivity index (χ1v) is 8.89. The summed E-state index contributed by atoms with van der Waals surface area (Å²) in [6, 6.07) is 1.32. The van der Waals surface area contributed by atoms with E-state index >= 15 is 0 Å². The van der Waals surface area contributed by atoms with Gasteiger partial charge in [0, 0.05) is 18.6 Å². The van der Waals surface area contributed by atoms with Crippen molar-refractivity contribution >= 4 is 5.96 Å². The van der Waals surface area contributed by atoms with Crippen molar-refractivity contribution in [1.29, 1.82) is 0 Å². The van der Waals surface area contributed by atoms with Gasteiger partial charge >= 0.3 is 0 Å². The van der Waals surface area contributed by atoms with E-state index in [0.29, 0.717) is 12.1 Å². The molecule has 0 aromatic carbocycles. The molecule has 114 valence electrons. The summed E-state index contributed by atoms with van der Waals surface area (Å²) in [5.41, 5.74) is 0. The van der Waals surface area contributed by atoms with Gasteiger partial charge in [0.2, 0.25) is 0 Å². The molecule has 2 bridgehead atoms. The number of nitrogens with one attached hydrogen (secondary N) is 2. The minimum atomic E-state index is 0.657. The van der Waals surface area contributed by atoms with Crippen molar-refractivity contribution in [2.45, 2.75) is 83.2 Å². The molecule has 0 saturated heterocycles. The molecule has 1 aliphatic heterocycles. The number of nitrogens with zero attached hydrogens (tertiary/aromatic N) is 1. The van der Waals surface area contributed by atoms with Crippen LogP contribution < -0.4 is 10.6 Å². The molecule has 3 unspecified atom stereocenters. The number of hydrogen-bond donors (Lipinski definition) is 2. The molecular formula is C17H31N3. The van der Waals surface area contributed by atoms with Gasteiger partial charge in [0.05, 0.1) is 0 Å².